The number of rotatable bonds is 4. The predicted molar refractivity (Wildman–Crippen MR) is 37.0 cm³/mol. The summed E-state index contributed by atoms with van der Waals surface area (Å²) in [6, 6.07) is 0. The zero-order valence-corrected chi connectivity index (χ0v) is 5.47. The van der Waals surface area contributed by atoms with Crippen molar-refractivity contribution in [2.75, 3.05) is 5.75 Å². The fourth-order valence-electron chi connectivity index (χ4n) is 0.381. The van der Waals surface area contributed by atoms with Crippen LogP contribution in [0.5, 0.6) is 0 Å². The normalized spacial score (nSPS) is 9.43. The summed E-state index contributed by atoms with van der Waals surface area (Å²) in [5.74, 6) is 1.19. The lowest BCUT2D eigenvalue weighted by molar-refractivity contribution is 0.822. The molecule has 0 rings (SSSR count). The first kappa shape index (κ1) is 7.35. The van der Waals surface area contributed by atoms with Crippen LogP contribution < -0.4 is 0 Å². The molecule has 0 aliphatic heterocycles. The summed E-state index contributed by atoms with van der Waals surface area (Å²) in [5.41, 5.74) is 0. The van der Waals surface area contributed by atoms with Crippen molar-refractivity contribution in [3.8, 4) is 0 Å². The molecule has 0 amide bonds. The smallest absolute Gasteiger partial charge is 0.00235 e. The minimum absolute atomic E-state index is 1.07. The molecule has 0 aromatic heterocycles. The van der Waals surface area contributed by atoms with Gasteiger partial charge >= 0.3 is 0 Å². The van der Waals surface area contributed by atoms with Crippen LogP contribution in [0.2, 0.25) is 0 Å². The molecule has 0 unspecified atom stereocenters. The van der Waals surface area contributed by atoms with E-state index in [-0.39, 0.29) is 0 Å². The predicted octanol–water partition coefficient (Wildman–Crippen LogP) is 2.52. The highest BCUT2D eigenvalue weighted by molar-refractivity contribution is 8.00. The third-order valence-corrected chi connectivity index (χ3v) is 1.37. The molecule has 0 aliphatic carbocycles. The van der Waals surface area contributed by atoms with E-state index in [4.69, 9.17) is 0 Å². The Morgan fingerprint density at radius 1 is 1.29 bits per heavy atom. The Labute approximate surface area is 50.7 Å². The van der Waals surface area contributed by atoms with Crippen LogP contribution in [0, 0.1) is 13.2 Å². The summed E-state index contributed by atoms with van der Waals surface area (Å²) in [7, 11) is 0. The molecule has 7 heavy (non-hydrogen) atoms. The van der Waals surface area contributed by atoms with Crippen molar-refractivity contribution in [2.45, 2.75) is 19.3 Å². The van der Waals surface area contributed by atoms with E-state index in [1.807, 2.05) is 0 Å². The van der Waals surface area contributed by atoms with E-state index in [0.717, 1.165) is 6.42 Å². The highest BCUT2D eigenvalue weighted by atomic mass is 32.2. The first-order chi connectivity index (χ1) is 3.41. The molecule has 0 heterocycles. The summed E-state index contributed by atoms with van der Waals surface area (Å²) in [6.07, 6.45) is 7.25. The lowest BCUT2D eigenvalue weighted by Crippen LogP contribution is -1.74. The summed E-state index contributed by atoms with van der Waals surface area (Å²) in [4.78, 5) is 0. The zero-order chi connectivity index (χ0) is 5.54. The first-order valence-corrected chi connectivity index (χ1v) is 3.73. The Hall–Kier alpha value is 0.350. The topological polar surface area (TPSA) is 0 Å². The Morgan fingerprint density at radius 3 is 2.43 bits per heavy atom. The van der Waals surface area contributed by atoms with E-state index >= 15 is 0 Å². The van der Waals surface area contributed by atoms with E-state index < -0.39 is 0 Å². The highest BCUT2D eigenvalue weighted by Crippen LogP contribution is 2.01. The summed E-state index contributed by atoms with van der Waals surface area (Å²) >= 11 is 1.66. The second kappa shape index (κ2) is 6.35. The van der Waals surface area contributed by atoms with Gasteiger partial charge in [-0.05, 0) is 12.2 Å². The van der Waals surface area contributed by atoms with Crippen LogP contribution in [-0.4, -0.2) is 5.75 Å². The van der Waals surface area contributed by atoms with Gasteiger partial charge in [0.2, 0.25) is 0 Å². The van der Waals surface area contributed by atoms with Gasteiger partial charge in [-0.15, -0.1) is 0 Å². The third kappa shape index (κ3) is 6.35. The van der Waals surface area contributed by atoms with Crippen LogP contribution in [0.15, 0.2) is 0 Å². The maximum atomic E-state index is 3.73. The summed E-state index contributed by atoms with van der Waals surface area (Å²) in [5, 5.41) is 0. The molecule has 2 radical (unpaired) electrons. The van der Waals surface area contributed by atoms with Gasteiger partial charge < -0.3 is 0 Å². The Bertz CT molecular complexity index is 23.4. The second-order valence-electron chi connectivity index (χ2n) is 1.47. The highest BCUT2D eigenvalue weighted by Gasteiger charge is 1.80. The number of unbranched alkanes of at least 4 members (excludes halogenated alkanes) is 2. The average molecular weight is 116 g/mol. The van der Waals surface area contributed by atoms with Gasteiger partial charge in [-0.3, -0.25) is 0 Å². The molecule has 1 heteroatoms. The van der Waals surface area contributed by atoms with Crippen LogP contribution in [0.4, 0.5) is 0 Å². The molecular weight excluding hydrogens is 104 g/mol. The molecule has 0 bridgehead atoms. The SMILES string of the molecule is [CH2]CCCCS[CH2]. The third-order valence-electron chi connectivity index (χ3n) is 0.789. The van der Waals surface area contributed by atoms with Crippen molar-refractivity contribution in [1.82, 2.24) is 0 Å². The van der Waals surface area contributed by atoms with Gasteiger partial charge in [-0.2, -0.15) is 11.8 Å². The van der Waals surface area contributed by atoms with Crippen LogP contribution in [-0.2, 0) is 0 Å². The second-order valence-corrected chi connectivity index (χ2v) is 2.29. The fourth-order valence-corrected chi connectivity index (χ4v) is 0.789. The molecule has 42 valence electrons. The number of thioether (sulfide) groups is 1. The fraction of sp³-hybridized carbons (Fsp3) is 0.667. The maximum Gasteiger partial charge on any atom is 0.00235 e. The Morgan fingerprint density at radius 2 is 2.00 bits per heavy atom. The molecule has 0 spiro atoms. The maximum absolute atomic E-state index is 3.73. The minimum atomic E-state index is 1.07. The molecule has 0 aromatic carbocycles. The van der Waals surface area contributed by atoms with E-state index in [1.165, 1.54) is 18.6 Å². The molecule has 0 saturated carbocycles. The molecule has 0 atom stereocenters. The van der Waals surface area contributed by atoms with Crippen molar-refractivity contribution >= 4 is 11.8 Å². The van der Waals surface area contributed by atoms with Crippen LogP contribution in [0.25, 0.3) is 0 Å². The Balaban J connectivity index is 2.45. The van der Waals surface area contributed by atoms with Gasteiger partial charge in [0.1, 0.15) is 0 Å². The van der Waals surface area contributed by atoms with Crippen molar-refractivity contribution in [1.29, 1.82) is 0 Å². The van der Waals surface area contributed by atoms with Gasteiger partial charge in [0, 0.05) is 6.26 Å². The van der Waals surface area contributed by atoms with Crippen LogP contribution in [0.1, 0.15) is 19.3 Å². The van der Waals surface area contributed by atoms with E-state index in [1.54, 1.807) is 11.8 Å². The molecule has 0 aliphatic rings. The van der Waals surface area contributed by atoms with E-state index in [0.29, 0.717) is 0 Å². The van der Waals surface area contributed by atoms with Gasteiger partial charge in [0.05, 0.1) is 0 Å². The van der Waals surface area contributed by atoms with Gasteiger partial charge in [0.15, 0.2) is 0 Å². The molecule has 0 fully saturated rings. The van der Waals surface area contributed by atoms with Crippen molar-refractivity contribution < 1.29 is 0 Å². The Kier molecular flexibility index (Phi) is 6.67. The lowest BCUT2D eigenvalue weighted by atomic mass is 10.3. The van der Waals surface area contributed by atoms with Crippen LogP contribution in [0.3, 0.4) is 0 Å². The van der Waals surface area contributed by atoms with Crippen LogP contribution >= 0.6 is 11.8 Å². The van der Waals surface area contributed by atoms with Crippen molar-refractivity contribution in [2.24, 2.45) is 0 Å². The van der Waals surface area contributed by atoms with E-state index in [9.17, 15) is 0 Å². The lowest BCUT2D eigenvalue weighted by Gasteiger charge is -1.90. The van der Waals surface area contributed by atoms with E-state index in [2.05, 4.69) is 13.2 Å². The quantitative estimate of drug-likeness (QED) is 0.508. The molecule has 0 aromatic rings. The summed E-state index contributed by atoms with van der Waals surface area (Å²) in [6.45, 7) is 3.73. The van der Waals surface area contributed by atoms with Crippen molar-refractivity contribution in [3.63, 3.8) is 0 Å². The molecule has 0 nitrogen and oxygen atoms in total. The van der Waals surface area contributed by atoms with Crippen molar-refractivity contribution in [3.05, 3.63) is 13.2 Å². The van der Waals surface area contributed by atoms with Gasteiger partial charge in [-0.25, -0.2) is 0 Å². The van der Waals surface area contributed by atoms with Gasteiger partial charge in [0.25, 0.3) is 0 Å². The zero-order valence-electron chi connectivity index (χ0n) is 4.65. The molecule has 0 N–H and O–H groups in total. The summed E-state index contributed by atoms with van der Waals surface area (Å²) < 4.78 is 0. The molecule has 0 saturated heterocycles. The number of hydrogen-bond donors (Lipinski definition) is 0. The average Bonchev–Trinajstić information content (AvgIpc) is 1.69. The monoisotopic (exact) mass is 116 g/mol. The standard InChI is InChI=1S/C6H12S/c1-3-4-5-6-7-2/h1-6H2. The molecular formula is C6H12S. The first-order valence-electron chi connectivity index (χ1n) is 2.58. The minimum Gasteiger partial charge on any atom is -0.161 e. The largest absolute Gasteiger partial charge is 0.161 e. The van der Waals surface area contributed by atoms with Gasteiger partial charge in [-0.1, -0.05) is 19.8 Å². The number of hydrogen-bond acceptors (Lipinski definition) is 1.